The number of aliphatic carboxylic acids is 1. The van der Waals surface area contributed by atoms with E-state index < -0.39 is 11.4 Å². The van der Waals surface area contributed by atoms with E-state index in [-0.39, 0.29) is 0 Å². The van der Waals surface area contributed by atoms with Crippen LogP contribution in [0, 0.1) is 5.41 Å². The van der Waals surface area contributed by atoms with Crippen LogP contribution >= 0.6 is 0 Å². The summed E-state index contributed by atoms with van der Waals surface area (Å²) in [7, 11) is 0. The van der Waals surface area contributed by atoms with Crippen LogP contribution < -0.4 is 0 Å². The highest BCUT2D eigenvalue weighted by atomic mass is 16.4. The molecule has 0 saturated carbocycles. The standard InChI is InChI=1S/C14H18O2/c1-4-11-6-8-12(9-7-11)10-14(3,5-2)13(15)16/h5-9H,2,4,10H2,1,3H3,(H,15,16). The van der Waals surface area contributed by atoms with Crippen LogP contribution in [0.25, 0.3) is 0 Å². The molecule has 0 aliphatic heterocycles. The second-order valence-electron chi connectivity index (χ2n) is 4.27. The van der Waals surface area contributed by atoms with Crippen LogP contribution in [0.3, 0.4) is 0 Å². The lowest BCUT2D eigenvalue weighted by molar-refractivity contribution is -0.145. The van der Waals surface area contributed by atoms with Gasteiger partial charge in [0.15, 0.2) is 0 Å². The van der Waals surface area contributed by atoms with Gasteiger partial charge in [-0.05, 0) is 30.9 Å². The van der Waals surface area contributed by atoms with Crippen molar-refractivity contribution in [3.8, 4) is 0 Å². The van der Waals surface area contributed by atoms with Crippen LogP contribution in [0.5, 0.6) is 0 Å². The van der Waals surface area contributed by atoms with Crippen LogP contribution in [0.2, 0.25) is 0 Å². The van der Waals surface area contributed by atoms with Crippen molar-refractivity contribution in [1.29, 1.82) is 0 Å². The first kappa shape index (κ1) is 12.5. The maximum atomic E-state index is 11.1. The van der Waals surface area contributed by atoms with Crippen molar-refractivity contribution in [2.45, 2.75) is 26.7 Å². The minimum absolute atomic E-state index is 0.482. The van der Waals surface area contributed by atoms with Gasteiger partial charge in [0.1, 0.15) is 0 Å². The maximum Gasteiger partial charge on any atom is 0.313 e. The molecule has 0 radical (unpaired) electrons. The monoisotopic (exact) mass is 218 g/mol. The molecule has 1 atom stereocenters. The summed E-state index contributed by atoms with van der Waals surface area (Å²) in [5, 5.41) is 9.12. The molecule has 0 saturated heterocycles. The van der Waals surface area contributed by atoms with Crippen molar-refractivity contribution < 1.29 is 9.90 Å². The van der Waals surface area contributed by atoms with E-state index >= 15 is 0 Å². The Morgan fingerprint density at radius 1 is 1.38 bits per heavy atom. The molecule has 2 heteroatoms. The molecule has 1 N–H and O–H groups in total. The average Bonchev–Trinajstić information content (AvgIpc) is 2.29. The van der Waals surface area contributed by atoms with E-state index in [2.05, 4.69) is 13.5 Å². The van der Waals surface area contributed by atoms with Gasteiger partial charge in [0.2, 0.25) is 0 Å². The molecule has 2 nitrogen and oxygen atoms in total. The second-order valence-corrected chi connectivity index (χ2v) is 4.27. The SMILES string of the molecule is C=CC(C)(Cc1ccc(CC)cc1)C(=O)O. The number of carboxylic acids is 1. The Bertz CT molecular complexity index is 378. The van der Waals surface area contributed by atoms with Gasteiger partial charge in [-0.2, -0.15) is 0 Å². The van der Waals surface area contributed by atoms with E-state index in [4.69, 9.17) is 5.11 Å². The molecular weight excluding hydrogens is 200 g/mol. The van der Waals surface area contributed by atoms with Crippen molar-refractivity contribution in [3.05, 3.63) is 48.0 Å². The minimum Gasteiger partial charge on any atom is -0.481 e. The quantitative estimate of drug-likeness (QED) is 0.771. The fourth-order valence-electron chi connectivity index (χ4n) is 1.55. The smallest absolute Gasteiger partial charge is 0.313 e. The van der Waals surface area contributed by atoms with Crippen LogP contribution in [-0.2, 0) is 17.6 Å². The molecule has 0 aliphatic carbocycles. The molecule has 16 heavy (non-hydrogen) atoms. The summed E-state index contributed by atoms with van der Waals surface area (Å²) in [6.07, 6.45) is 2.98. The lowest BCUT2D eigenvalue weighted by Gasteiger charge is -2.20. The third-order valence-electron chi connectivity index (χ3n) is 2.94. The summed E-state index contributed by atoms with van der Waals surface area (Å²) >= 11 is 0. The summed E-state index contributed by atoms with van der Waals surface area (Å²) < 4.78 is 0. The summed E-state index contributed by atoms with van der Waals surface area (Å²) in [5.41, 5.74) is 1.41. The normalized spacial score (nSPS) is 14.1. The molecule has 0 spiro atoms. The zero-order chi connectivity index (χ0) is 12.2. The van der Waals surface area contributed by atoms with Crippen LogP contribution in [0.1, 0.15) is 25.0 Å². The van der Waals surface area contributed by atoms with Crippen LogP contribution in [0.4, 0.5) is 0 Å². The topological polar surface area (TPSA) is 37.3 Å². The fourth-order valence-corrected chi connectivity index (χ4v) is 1.55. The van der Waals surface area contributed by atoms with Gasteiger partial charge in [-0.15, -0.1) is 6.58 Å². The molecule has 0 amide bonds. The Morgan fingerprint density at radius 3 is 2.25 bits per heavy atom. The van der Waals surface area contributed by atoms with E-state index in [0.717, 1.165) is 12.0 Å². The number of carboxylic acid groups (broad SMARTS) is 1. The van der Waals surface area contributed by atoms with E-state index in [9.17, 15) is 4.79 Å². The zero-order valence-electron chi connectivity index (χ0n) is 9.86. The molecule has 0 aliphatic rings. The predicted molar refractivity (Wildman–Crippen MR) is 65.5 cm³/mol. The van der Waals surface area contributed by atoms with Crippen molar-refractivity contribution in [3.63, 3.8) is 0 Å². The lowest BCUT2D eigenvalue weighted by Crippen LogP contribution is -2.27. The zero-order valence-corrected chi connectivity index (χ0v) is 9.86. The first-order valence-corrected chi connectivity index (χ1v) is 5.46. The first-order chi connectivity index (χ1) is 7.51. The van der Waals surface area contributed by atoms with E-state index in [0.29, 0.717) is 6.42 Å². The lowest BCUT2D eigenvalue weighted by atomic mass is 9.84. The van der Waals surface area contributed by atoms with Gasteiger partial charge in [0.25, 0.3) is 0 Å². The Kier molecular flexibility index (Phi) is 3.88. The fraction of sp³-hybridized carbons (Fsp3) is 0.357. The van der Waals surface area contributed by atoms with E-state index in [1.54, 1.807) is 6.92 Å². The molecular formula is C14H18O2. The number of benzene rings is 1. The molecule has 86 valence electrons. The number of hydrogen-bond acceptors (Lipinski definition) is 1. The maximum absolute atomic E-state index is 11.1. The summed E-state index contributed by atoms with van der Waals surface area (Å²) in [4.78, 5) is 11.1. The Hall–Kier alpha value is -1.57. The molecule has 0 aromatic heterocycles. The third kappa shape index (κ3) is 2.72. The van der Waals surface area contributed by atoms with Gasteiger partial charge in [-0.3, -0.25) is 4.79 Å². The number of aryl methyl sites for hydroxylation is 1. The highest BCUT2D eigenvalue weighted by Gasteiger charge is 2.29. The van der Waals surface area contributed by atoms with Crippen LogP contribution in [0.15, 0.2) is 36.9 Å². The average molecular weight is 218 g/mol. The van der Waals surface area contributed by atoms with Crippen molar-refractivity contribution in [2.75, 3.05) is 0 Å². The van der Waals surface area contributed by atoms with E-state index in [1.165, 1.54) is 11.6 Å². The van der Waals surface area contributed by atoms with Crippen molar-refractivity contribution in [2.24, 2.45) is 5.41 Å². The number of hydrogen-bond donors (Lipinski definition) is 1. The molecule has 0 heterocycles. The van der Waals surface area contributed by atoms with Gasteiger partial charge >= 0.3 is 5.97 Å². The highest BCUT2D eigenvalue weighted by molar-refractivity contribution is 5.76. The molecule has 0 bridgehead atoms. The Labute approximate surface area is 96.6 Å². The van der Waals surface area contributed by atoms with Crippen molar-refractivity contribution in [1.82, 2.24) is 0 Å². The van der Waals surface area contributed by atoms with Gasteiger partial charge < -0.3 is 5.11 Å². The molecule has 1 unspecified atom stereocenters. The minimum atomic E-state index is -0.881. The molecule has 1 rings (SSSR count). The Morgan fingerprint density at radius 2 is 1.88 bits per heavy atom. The Balaban J connectivity index is 2.86. The summed E-state index contributed by atoms with van der Waals surface area (Å²) in [6, 6.07) is 8.06. The molecule has 0 fully saturated rings. The van der Waals surface area contributed by atoms with Crippen LogP contribution in [-0.4, -0.2) is 11.1 Å². The first-order valence-electron chi connectivity index (χ1n) is 5.46. The molecule has 1 aromatic carbocycles. The summed E-state index contributed by atoms with van der Waals surface area (Å²) in [5.74, 6) is -0.831. The molecule has 1 aromatic rings. The highest BCUT2D eigenvalue weighted by Crippen LogP contribution is 2.24. The number of carbonyl (C=O) groups is 1. The van der Waals surface area contributed by atoms with Gasteiger partial charge in [0, 0.05) is 0 Å². The van der Waals surface area contributed by atoms with E-state index in [1.807, 2.05) is 24.3 Å². The summed E-state index contributed by atoms with van der Waals surface area (Å²) in [6.45, 7) is 7.39. The van der Waals surface area contributed by atoms with Gasteiger partial charge in [0.05, 0.1) is 5.41 Å². The second kappa shape index (κ2) is 4.97. The predicted octanol–water partition coefficient (Wildman–Crippen LogP) is 3.07. The van der Waals surface area contributed by atoms with Gasteiger partial charge in [-0.25, -0.2) is 0 Å². The third-order valence-corrected chi connectivity index (χ3v) is 2.94. The number of rotatable bonds is 5. The largest absolute Gasteiger partial charge is 0.481 e. The van der Waals surface area contributed by atoms with Gasteiger partial charge in [-0.1, -0.05) is 37.3 Å². The van der Waals surface area contributed by atoms with Crippen molar-refractivity contribution >= 4 is 5.97 Å².